The molecule has 0 aromatic heterocycles. The average molecular weight is 322 g/mol. The van der Waals surface area contributed by atoms with Crippen molar-refractivity contribution in [3.05, 3.63) is 71.3 Å². The van der Waals surface area contributed by atoms with Crippen molar-refractivity contribution in [1.29, 1.82) is 0 Å². The molecule has 4 rings (SSSR count). The number of hydrogen-bond acceptors (Lipinski definition) is 3. The third kappa shape index (κ3) is 3.12. The maximum absolute atomic E-state index is 6.08. The molecule has 3 heteroatoms. The van der Waals surface area contributed by atoms with Crippen LogP contribution in [0.2, 0.25) is 0 Å². The van der Waals surface area contributed by atoms with Crippen LogP contribution in [0.4, 0.5) is 0 Å². The Labute approximate surface area is 144 Å². The molecule has 3 nitrogen and oxygen atoms in total. The normalized spacial score (nSPS) is 27.6. The molecule has 2 aromatic rings. The van der Waals surface area contributed by atoms with Gasteiger partial charge >= 0.3 is 0 Å². The molecule has 1 heterocycles. The van der Waals surface area contributed by atoms with Gasteiger partial charge in [0, 0.05) is 12.6 Å². The summed E-state index contributed by atoms with van der Waals surface area (Å²) < 4.78 is 6.08. The highest BCUT2D eigenvalue weighted by Crippen LogP contribution is 2.32. The summed E-state index contributed by atoms with van der Waals surface area (Å²) in [5.41, 5.74) is 8.05. The van der Waals surface area contributed by atoms with Gasteiger partial charge in [0.15, 0.2) is 0 Å². The smallest absolute Gasteiger partial charge is 0.0991 e. The molecule has 1 N–H and O–H groups in total. The predicted octanol–water partition coefficient (Wildman–Crippen LogP) is 4.03. The van der Waals surface area contributed by atoms with E-state index in [1.807, 2.05) is 0 Å². The van der Waals surface area contributed by atoms with Gasteiger partial charge in [-0.05, 0) is 42.9 Å². The molecule has 2 aromatic carbocycles. The summed E-state index contributed by atoms with van der Waals surface area (Å²) in [5.74, 6) is 0. The van der Waals surface area contributed by atoms with Crippen LogP contribution < -0.4 is 5.43 Å². The molecule has 2 aliphatic rings. The molecule has 0 spiro atoms. The van der Waals surface area contributed by atoms with Crippen LogP contribution in [0.1, 0.15) is 48.6 Å². The van der Waals surface area contributed by atoms with Crippen LogP contribution in [-0.2, 0) is 11.2 Å². The lowest BCUT2D eigenvalue weighted by molar-refractivity contribution is -0.0932. The van der Waals surface area contributed by atoms with E-state index < -0.39 is 0 Å². The second-order valence-electron chi connectivity index (χ2n) is 6.91. The molecule has 24 heavy (non-hydrogen) atoms. The number of morpholine rings is 1. The Kier molecular flexibility index (Phi) is 4.65. The van der Waals surface area contributed by atoms with Crippen LogP contribution in [0.25, 0.3) is 0 Å². The van der Waals surface area contributed by atoms with Gasteiger partial charge in [-0.15, -0.1) is 0 Å². The quantitative estimate of drug-likeness (QED) is 0.923. The minimum atomic E-state index is 0.131. The van der Waals surface area contributed by atoms with E-state index in [1.165, 1.54) is 36.0 Å². The van der Waals surface area contributed by atoms with Crippen molar-refractivity contribution in [2.45, 2.75) is 44.4 Å². The predicted molar refractivity (Wildman–Crippen MR) is 96.6 cm³/mol. The lowest BCUT2D eigenvalue weighted by Gasteiger charge is -2.42. The fraction of sp³-hybridized carbons (Fsp3) is 0.429. The van der Waals surface area contributed by atoms with Crippen molar-refractivity contribution >= 4 is 0 Å². The fourth-order valence-electron chi connectivity index (χ4n) is 4.07. The summed E-state index contributed by atoms with van der Waals surface area (Å²) in [7, 11) is 0. The molecule has 1 fully saturated rings. The van der Waals surface area contributed by atoms with Crippen molar-refractivity contribution in [3.63, 3.8) is 0 Å². The maximum Gasteiger partial charge on any atom is 0.0991 e. The molecule has 0 radical (unpaired) electrons. The number of rotatable bonds is 3. The molecule has 126 valence electrons. The summed E-state index contributed by atoms with van der Waals surface area (Å²) in [6.07, 6.45) is 3.80. The largest absolute Gasteiger partial charge is 0.370 e. The van der Waals surface area contributed by atoms with Crippen molar-refractivity contribution in [1.82, 2.24) is 10.4 Å². The first-order chi connectivity index (χ1) is 11.8. The number of aryl methyl sites for hydroxylation is 1. The molecule has 0 saturated carbocycles. The van der Waals surface area contributed by atoms with Gasteiger partial charge in [-0.25, -0.2) is 10.4 Å². The zero-order valence-electron chi connectivity index (χ0n) is 14.3. The summed E-state index contributed by atoms with van der Waals surface area (Å²) in [6.45, 7) is 3.97. The zero-order chi connectivity index (χ0) is 16.4. The van der Waals surface area contributed by atoms with E-state index in [4.69, 9.17) is 4.74 Å². The van der Waals surface area contributed by atoms with Crippen LogP contribution in [0.3, 0.4) is 0 Å². The van der Waals surface area contributed by atoms with E-state index in [9.17, 15) is 0 Å². The number of nitrogens with one attached hydrogen (secondary N) is 1. The molecule has 3 atom stereocenters. The third-order valence-corrected chi connectivity index (χ3v) is 5.38. The van der Waals surface area contributed by atoms with Crippen LogP contribution in [0.5, 0.6) is 0 Å². The first kappa shape index (κ1) is 15.8. The van der Waals surface area contributed by atoms with E-state index in [1.54, 1.807) is 0 Å². The molecule has 1 aliphatic heterocycles. The molecular weight excluding hydrogens is 296 g/mol. The number of ether oxygens (including phenoxy) is 1. The highest BCUT2D eigenvalue weighted by Gasteiger charge is 2.32. The molecule has 1 saturated heterocycles. The van der Waals surface area contributed by atoms with Gasteiger partial charge in [0.1, 0.15) is 0 Å². The minimum Gasteiger partial charge on any atom is -0.370 e. The van der Waals surface area contributed by atoms with Crippen molar-refractivity contribution < 1.29 is 4.74 Å². The summed E-state index contributed by atoms with van der Waals surface area (Å²) in [5, 5.41) is 2.40. The van der Waals surface area contributed by atoms with E-state index in [0.717, 1.165) is 13.2 Å². The Balaban J connectivity index is 1.51. The SMILES string of the molecule is CC1C(c2ccccc2)OCCN1NC1CCCc2ccccc21. The average Bonchev–Trinajstić information content (AvgIpc) is 2.64. The van der Waals surface area contributed by atoms with E-state index in [-0.39, 0.29) is 6.10 Å². The maximum atomic E-state index is 6.08. The molecular formula is C21H26N2O. The lowest BCUT2D eigenvalue weighted by Crippen LogP contribution is -2.53. The second kappa shape index (κ2) is 7.06. The highest BCUT2D eigenvalue weighted by molar-refractivity contribution is 5.32. The first-order valence-corrected chi connectivity index (χ1v) is 9.10. The second-order valence-corrected chi connectivity index (χ2v) is 6.91. The molecule has 0 amide bonds. The van der Waals surface area contributed by atoms with Gasteiger partial charge in [-0.1, -0.05) is 54.6 Å². The van der Waals surface area contributed by atoms with Gasteiger partial charge < -0.3 is 4.74 Å². The van der Waals surface area contributed by atoms with Crippen LogP contribution in [-0.4, -0.2) is 24.2 Å². The van der Waals surface area contributed by atoms with Gasteiger partial charge in [-0.2, -0.15) is 0 Å². The van der Waals surface area contributed by atoms with Crippen molar-refractivity contribution in [3.8, 4) is 0 Å². The van der Waals surface area contributed by atoms with Crippen molar-refractivity contribution in [2.24, 2.45) is 0 Å². The number of fused-ring (bicyclic) bond motifs is 1. The van der Waals surface area contributed by atoms with Crippen LogP contribution in [0.15, 0.2) is 54.6 Å². The van der Waals surface area contributed by atoms with Gasteiger partial charge in [-0.3, -0.25) is 0 Å². The molecule has 0 bridgehead atoms. The van der Waals surface area contributed by atoms with Crippen molar-refractivity contribution in [2.75, 3.05) is 13.2 Å². The summed E-state index contributed by atoms with van der Waals surface area (Å²) in [6, 6.07) is 20.2. The van der Waals surface area contributed by atoms with E-state index in [2.05, 4.69) is 72.0 Å². The molecule has 3 unspecified atom stereocenters. The number of benzene rings is 2. The summed E-state index contributed by atoms with van der Waals surface area (Å²) in [4.78, 5) is 0. The van der Waals surface area contributed by atoms with Crippen LogP contribution >= 0.6 is 0 Å². The monoisotopic (exact) mass is 322 g/mol. The Morgan fingerprint density at radius 2 is 1.83 bits per heavy atom. The highest BCUT2D eigenvalue weighted by atomic mass is 16.5. The number of hydrazine groups is 1. The Hall–Kier alpha value is -1.68. The third-order valence-electron chi connectivity index (χ3n) is 5.38. The molecule has 1 aliphatic carbocycles. The first-order valence-electron chi connectivity index (χ1n) is 9.10. The van der Waals surface area contributed by atoms with Gasteiger partial charge in [0.25, 0.3) is 0 Å². The number of nitrogens with zero attached hydrogens (tertiary/aromatic N) is 1. The Morgan fingerprint density at radius 1 is 1.04 bits per heavy atom. The number of hydrogen-bond donors (Lipinski definition) is 1. The minimum absolute atomic E-state index is 0.131. The zero-order valence-corrected chi connectivity index (χ0v) is 14.3. The Bertz CT molecular complexity index is 673. The van der Waals surface area contributed by atoms with E-state index in [0.29, 0.717) is 12.1 Å². The summed E-state index contributed by atoms with van der Waals surface area (Å²) >= 11 is 0. The standard InChI is InChI=1S/C21H26N2O/c1-16-21(18-9-3-2-4-10-18)24-15-14-23(16)22-20-13-7-11-17-8-5-6-12-19(17)20/h2-6,8-10,12,16,20-22H,7,11,13-15H2,1H3. The van der Waals surface area contributed by atoms with E-state index >= 15 is 0 Å². The fourth-order valence-corrected chi connectivity index (χ4v) is 4.07. The van der Waals surface area contributed by atoms with Gasteiger partial charge in [0.05, 0.1) is 18.8 Å². The van der Waals surface area contributed by atoms with Crippen LogP contribution in [0, 0.1) is 0 Å². The Morgan fingerprint density at radius 3 is 2.71 bits per heavy atom. The van der Waals surface area contributed by atoms with Gasteiger partial charge in [0.2, 0.25) is 0 Å². The topological polar surface area (TPSA) is 24.5 Å². The lowest BCUT2D eigenvalue weighted by atomic mass is 9.88.